The molecule has 0 saturated carbocycles. The van der Waals surface area contributed by atoms with Gasteiger partial charge in [-0.15, -0.1) is 0 Å². The molecule has 0 radical (unpaired) electrons. The van der Waals surface area contributed by atoms with Gasteiger partial charge in [-0.1, -0.05) is 38.5 Å². The molecule has 1 aromatic rings. The Balaban J connectivity index is 2.01. The minimum Gasteiger partial charge on any atom is -0.490 e. The zero-order valence-corrected chi connectivity index (χ0v) is 13.4. The fraction of sp³-hybridized carbons (Fsp3) is 0.667. The van der Waals surface area contributed by atoms with Crippen LogP contribution in [-0.2, 0) is 0 Å². The van der Waals surface area contributed by atoms with Crippen LogP contribution in [0.5, 0.6) is 5.75 Å². The van der Waals surface area contributed by atoms with Gasteiger partial charge in [-0.05, 0) is 37.8 Å². The van der Waals surface area contributed by atoms with Crippen molar-refractivity contribution in [2.45, 2.75) is 64.1 Å². The first kappa shape index (κ1) is 14.9. The number of hydrogen-bond acceptors (Lipinski definition) is 3. The maximum atomic E-state index is 10.5. The van der Waals surface area contributed by atoms with Gasteiger partial charge in [0.1, 0.15) is 18.5 Å². The predicted octanol–water partition coefficient (Wildman–Crippen LogP) is 3.48. The summed E-state index contributed by atoms with van der Waals surface area (Å²) in [5.41, 5.74) is 2.43. The molecule has 3 unspecified atom stereocenters. The monoisotopic (exact) mass is 289 g/mol. The number of rotatable bonds is 2. The van der Waals surface area contributed by atoms with E-state index >= 15 is 0 Å². The molecule has 3 heteroatoms. The number of hydrogen-bond donors (Lipinski definition) is 1. The van der Waals surface area contributed by atoms with Crippen molar-refractivity contribution in [3.05, 3.63) is 29.3 Å². The summed E-state index contributed by atoms with van der Waals surface area (Å²) in [5, 5.41) is 10.5. The predicted molar refractivity (Wildman–Crippen MR) is 84.8 cm³/mol. The van der Waals surface area contributed by atoms with Crippen molar-refractivity contribution in [3.8, 4) is 5.75 Å². The Kier molecular flexibility index (Phi) is 4.23. The first-order chi connectivity index (χ1) is 10.1. The Hall–Kier alpha value is -1.06. The van der Waals surface area contributed by atoms with Crippen LogP contribution in [0.2, 0.25) is 0 Å². The second-order valence-corrected chi connectivity index (χ2v) is 6.83. The average molecular weight is 289 g/mol. The molecular weight excluding hydrogens is 262 g/mol. The highest BCUT2D eigenvalue weighted by Crippen LogP contribution is 2.42. The molecule has 2 heterocycles. The molecule has 0 amide bonds. The van der Waals surface area contributed by atoms with Crippen LogP contribution < -0.4 is 4.74 Å². The summed E-state index contributed by atoms with van der Waals surface area (Å²) in [5.74, 6) is 1.45. The highest BCUT2D eigenvalue weighted by molar-refractivity contribution is 5.46. The summed E-state index contributed by atoms with van der Waals surface area (Å²) in [4.78, 5) is 2.49. The number of para-hydroxylation sites is 1. The van der Waals surface area contributed by atoms with E-state index in [0.717, 1.165) is 12.3 Å². The minimum absolute atomic E-state index is 0.0859. The standard InChI is InChI=1S/C18H27NO2/c1-12(2)14-8-6-9-15-17(16(20)11-21-18(14)15)19-10-5-4-7-13(19)3/h6,8-9,12-13,16-17,20H,4-5,7,10-11H2,1-3H3. The second kappa shape index (κ2) is 5.98. The molecule has 2 aliphatic rings. The highest BCUT2D eigenvalue weighted by atomic mass is 16.5. The lowest BCUT2D eigenvalue weighted by atomic mass is 9.88. The van der Waals surface area contributed by atoms with Crippen LogP contribution in [0.3, 0.4) is 0 Å². The van der Waals surface area contributed by atoms with E-state index in [2.05, 4.69) is 43.9 Å². The molecule has 1 N–H and O–H groups in total. The van der Waals surface area contributed by atoms with Gasteiger partial charge >= 0.3 is 0 Å². The van der Waals surface area contributed by atoms with Crippen LogP contribution in [0.15, 0.2) is 18.2 Å². The third kappa shape index (κ3) is 2.69. The van der Waals surface area contributed by atoms with Gasteiger partial charge in [0.05, 0.1) is 6.04 Å². The molecule has 3 nitrogen and oxygen atoms in total. The number of likely N-dealkylation sites (tertiary alicyclic amines) is 1. The molecule has 0 bridgehead atoms. The van der Waals surface area contributed by atoms with Gasteiger partial charge < -0.3 is 9.84 Å². The summed E-state index contributed by atoms with van der Waals surface area (Å²) in [7, 11) is 0. The van der Waals surface area contributed by atoms with Crippen molar-refractivity contribution in [2.24, 2.45) is 0 Å². The van der Waals surface area contributed by atoms with E-state index in [4.69, 9.17) is 4.74 Å². The van der Waals surface area contributed by atoms with Gasteiger partial charge in [0.2, 0.25) is 0 Å². The molecule has 3 atom stereocenters. The number of benzene rings is 1. The lowest BCUT2D eigenvalue weighted by molar-refractivity contribution is -0.0251. The van der Waals surface area contributed by atoms with Crippen LogP contribution in [0.1, 0.15) is 63.1 Å². The lowest BCUT2D eigenvalue weighted by Gasteiger charge is -2.44. The highest BCUT2D eigenvalue weighted by Gasteiger charge is 2.38. The van der Waals surface area contributed by atoms with Crippen molar-refractivity contribution < 1.29 is 9.84 Å². The zero-order chi connectivity index (χ0) is 15.0. The molecule has 21 heavy (non-hydrogen) atoms. The van der Waals surface area contributed by atoms with Crippen molar-refractivity contribution in [1.29, 1.82) is 0 Å². The minimum atomic E-state index is -0.430. The maximum absolute atomic E-state index is 10.5. The van der Waals surface area contributed by atoms with Gasteiger partial charge in [0.15, 0.2) is 0 Å². The van der Waals surface area contributed by atoms with E-state index < -0.39 is 6.10 Å². The van der Waals surface area contributed by atoms with E-state index in [1.807, 2.05) is 0 Å². The van der Waals surface area contributed by atoms with Crippen LogP contribution in [0, 0.1) is 0 Å². The molecule has 2 aliphatic heterocycles. The topological polar surface area (TPSA) is 32.7 Å². The van der Waals surface area contributed by atoms with E-state index in [1.165, 1.54) is 30.4 Å². The van der Waals surface area contributed by atoms with Crippen molar-refractivity contribution in [2.75, 3.05) is 13.2 Å². The van der Waals surface area contributed by atoms with Gasteiger partial charge in [-0.2, -0.15) is 0 Å². The fourth-order valence-corrected chi connectivity index (χ4v) is 3.83. The molecule has 3 rings (SSSR count). The fourth-order valence-electron chi connectivity index (χ4n) is 3.83. The Morgan fingerprint density at radius 3 is 2.81 bits per heavy atom. The Morgan fingerprint density at radius 1 is 1.29 bits per heavy atom. The lowest BCUT2D eigenvalue weighted by Crippen LogP contribution is -2.48. The number of nitrogens with zero attached hydrogens (tertiary/aromatic N) is 1. The largest absolute Gasteiger partial charge is 0.490 e. The number of fused-ring (bicyclic) bond motifs is 1. The van der Waals surface area contributed by atoms with E-state index in [0.29, 0.717) is 18.6 Å². The molecule has 1 fully saturated rings. The van der Waals surface area contributed by atoms with E-state index in [9.17, 15) is 5.11 Å². The van der Waals surface area contributed by atoms with Crippen molar-refractivity contribution in [1.82, 2.24) is 4.90 Å². The maximum Gasteiger partial charge on any atom is 0.127 e. The summed E-state index contributed by atoms with van der Waals surface area (Å²) in [6.07, 6.45) is 3.33. The molecule has 0 spiro atoms. The molecule has 0 aromatic heterocycles. The summed E-state index contributed by atoms with van der Waals surface area (Å²) in [6.45, 7) is 8.16. The van der Waals surface area contributed by atoms with E-state index in [-0.39, 0.29) is 6.04 Å². The van der Waals surface area contributed by atoms with Gasteiger partial charge in [-0.3, -0.25) is 4.90 Å². The number of piperidine rings is 1. The Bertz CT molecular complexity index is 500. The summed E-state index contributed by atoms with van der Waals surface area (Å²) in [6, 6.07) is 7.01. The first-order valence-electron chi connectivity index (χ1n) is 8.29. The smallest absolute Gasteiger partial charge is 0.127 e. The van der Waals surface area contributed by atoms with Crippen LogP contribution in [-0.4, -0.2) is 35.3 Å². The van der Waals surface area contributed by atoms with Crippen molar-refractivity contribution in [3.63, 3.8) is 0 Å². The zero-order valence-electron chi connectivity index (χ0n) is 13.4. The molecule has 116 valence electrons. The summed E-state index contributed by atoms with van der Waals surface area (Å²) >= 11 is 0. The third-order valence-electron chi connectivity index (χ3n) is 4.99. The second-order valence-electron chi connectivity index (χ2n) is 6.83. The summed E-state index contributed by atoms with van der Waals surface area (Å²) < 4.78 is 5.91. The Morgan fingerprint density at radius 2 is 2.10 bits per heavy atom. The normalized spacial score (nSPS) is 30.0. The third-order valence-corrected chi connectivity index (χ3v) is 4.99. The van der Waals surface area contributed by atoms with Crippen LogP contribution in [0.25, 0.3) is 0 Å². The van der Waals surface area contributed by atoms with Gasteiger partial charge in [0, 0.05) is 11.6 Å². The quantitative estimate of drug-likeness (QED) is 0.905. The molecule has 0 aliphatic carbocycles. The number of aliphatic hydroxyl groups is 1. The number of ether oxygens (including phenoxy) is 1. The number of aliphatic hydroxyl groups excluding tert-OH is 1. The molecule has 1 saturated heterocycles. The van der Waals surface area contributed by atoms with Gasteiger partial charge in [0.25, 0.3) is 0 Å². The molecular formula is C18H27NO2. The van der Waals surface area contributed by atoms with Crippen molar-refractivity contribution >= 4 is 0 Å². The van der Waals surface area contributed by atoms with E-state index in [1.54, 1.807) is 0 Å². The van der Waals surface area contributed by atoms with Crippen LogP contribution in [0.4, 0.5) is 0 Å². The Labute approximate surface area is 127 Å². The van der Waals surface area contributed by atoms with Crippen LogP contribution >= 0.6 is 0 Å². The first-order valence-corrected chi connectivity index (χ1v) is 8.29. The SMILES string of the molecule is CC(C)c1cccc2c1OCC(O)C2N1CCCCC1C. The average Bonchev–Trinajstić information content (AvgIpc) is 2.47. The molecule has 1 aromatic carbocycles. The van der Waals surface area contributed by atoms with Gasteiger partial charge in [-0.25, -0.2) is 0 Å².